The maximum Gasteiger partial charge on any atom is 0.220 e. The SMILES string of the molecule is CC(NC(=O)CC(C)C1CCCNC1)c1cccc(N2CCCC2)c1.Cl.Cl. The predicted molar refractivity (Wildman–Crippen MR) is 118 cm³/mol. The zero-order valence-electron chi connectivity index (χ0n) is 16.6. The van der Waals surface area contributed by atoms with Gasteiger partial charge >= 0.3 is 0 Å². The summed E-state index contributed by atoms with van der Waals surface area (Å²) in [6.45, 7) is 8.79. The Bertz CT molecular complexity index is 572. The van der Waals surface area contributed by atoms with Crippen LogP contribution in [0.25, 0.3) is 0 Å². The van der Waals surface area contributed by atoms with E-state index in [2.05, 4.69) is 53.6 Å². The molecule has 4 nitrogen and oxygen atoms in total. The molecule has 27 heavy (non-hydrogen) atoms. The fourth-order valence-corrected chi connectivity index (χ4v) is 4.17. The maximum absolute atomic E-state index is 12.5. The number of nitrogens with one attached hydrogen (secondary N) is 2. The Morgan fingerprint density at radius 2 is 1.96 bits per heavy atom. The van der Waals surface area contributed by atoms with Crippen LogP contribution in [0, 0.1) is 11.8 Å². The van der Waals surface area contributed by atoms with Gasteiger partial charge in [0.25, 0.3) is 0 Å². The van der Waals surface area contributed by atoms with Gasteiger partial charge in [-0.25, -0.2) is 0 Å². The number of halogens is 2. The molecular weight excluding hydrogens is 381 g/mol. The molecule has 2 aliphatic rings. The summed E-state index contributed by atoms with van der Waals surface area (Å²) < 4.78 is 0. The number of carbonyl (C=O) groups excluding carboxylic acids is 1. The van der Waals surface area contributed by atoms with E-state index in [0.717, 1.165) is 26.2 Å². The van der Waals surface area contributed by atoms with Gasteiger partial charge in [0.1, 0.15) is 0 Å². The first-order chi connectivity index (χ1) is 12.1. The lowest BCUT2D eigenvalue weighted by molar-refractivity contribution is -0.123. The third-order valence-corrected chi connectivity index (χ3v) is 5.87. The van der Waals surface area contributed by atoms with Crippen molar-refractivity contribution in [1.82, 2.24) is 10.6 Å². The summed E-state index contributed by atoms with van der Waals surface area (Å²) in [5.41, 5.74) is 2.49. The molecule has 2 heterocycles. The highest BCUT2D eigenvalue weighted by atomic mass is 35.5. The topological polar surface area (TPSA) is 44.4 Å². The summed E-state index contributed by atoms with van der Waals surface area (Å²) in [5.74, 6) is 1.25. The number of rotatable bonds is 6. The minimum atomic E-state index is 0. The van der Waals surface area contributed by atoms with Gasteiger partial charge in [-0.2, -0.15) is 0 Å². The Hall–Kier alpha value is -0.970. The first kappa shape index (κ1) is 24.1. The summed E-state index contributed by atoms with van der Waals surface area (Å²) >= 11 is 0. The Morgan fingerprint density at radius 3 is 2.63 bits per heavy atom. The summed E-state index contributed by atoms with van der Waals surface area (Å²) in [5, 5.41) is 6.66. The number of anilines is 1. The van der Waals surface area contributed by atoms with E-state index >= 15 is 0 Å². The molecule has 1 amide bonds. The minimum absolute atomic E-state index is 0. The van der Waals surface area contributed by atoms with Crippen LogP contribution in [-0.2, 0) is 4.79 Å². The molecule has 1 aromatic carbocycles. The van der Waals surface area contributed by atoms with E-state index in [1.807, 2.05) is 0 Å². The molecule has 6 heteroatoms. The van der Waals surface area contributed by atoms with Gasteiger partial charge in [-0.3, -0.25) is 4.79 Å². The molecule has 2 saturated heterocycles. The van der Waals surface area contributed by atoms with Crippen molar-refractivity contribution in [3.63, 3.8) is 0 Å². The van der Waals surface area contributed by atoms with Gasteiger partial charge in [0.05, 0.1) is 6.04 Å². The largest absolute Gasteiger partial charge is 0.372 e. The molecule has 3 atom stereocenters. The lowest BCUT2D eigenvalue weighted by Gasteiger charge is -2.28. The molecule has 3 unspecified atom stereocenters. The quantitative estimate of drug-likeness (QED) is 0.726. The number of hydrogen-bond acceptors (Lipinski definition) is 3. The second-order valence-corrected chi connectivity index (χ2v) is 7.87. The van der Waals surface area contributed by atoms with Crippen LogP contribution in [0.2, 0.25) is 0 Å². The monoisotopic (exact) mass is 415 g/mol. The predicted octanol–water partition coefficient (Wildman–Crippen LogP) is 4.33. The van der Waals surface area contributed by atoms with Gasteiger partial charge in [-0.1, -0.05) is 19.1 Å². The van der Waals surface area contributed by atoms with Gasteiger partial charge in [0, 0.05) is 25.2 Å². The Kier molecular flexibility index (Phi) is 10.5. The van der Waals surface area contributed by atoms with Crippen molar-refractivity contribution in [3.8, 4) is 0 Å². The van der Waals surface area contributed by atoms with Crippen molar-refractivity contribution in [1.29, 1.82) is 0 Å². The van der Waals surface area contributed by atoms with E-state index in [1.165, 1.54) is 36.9 Å². The van der Waals surface area contributed by atoms with Crippen LogP contribution in [0.3, 0.4) is 0 Å². The molecule has 3 rings (SSSR count). The van der Waals surface area contributed by atoms with Crippen LogP contribution < -0.4 is 15.5 Å². The first-order valence-electron chi connectivity index (χ1n) is 9.98. The van der Waals surface area contributed by atoms with E-state index in [1.54, 1.807) is 0 Å². The molecule has 0 aromatic heterocycles. The van der Waals surface area contributed by atoms with Gasteiger partial charge in [0.2, 0.25) is 5.91 Å². The highest BCUT2D eigenvalue weighted by molar-refractivity contribution is 5.85. The Morgan fingerprint density at radius 1 is 1.22 bits per heavy atom. The normalized spacial score (nSPS) is 21.6. The summed E-state index contributed by atoms with van der Waals surface area (Å²) in [4.78, 5) is 14.9. The highest BCUT2D eigenvalue weighted by Crippen LogP contribution is 2.25. The zero-order valence-corrected chi connectivity index (χ0v) is 18.2. The number of carbonyl (C=O) groups is 1. The summed E-state index contributed by atoms with van der Waals surface area (Å²) in [6.07, 6.45) is 5.67. The summed E-state index contributed by atoms with van der Waals surface area (Å²) in [6, 6.07) is 8.72. The molecule has 0 saturated carbocycles. The second kappa shape index (κ2) is 11.8. The molecule has 0 aliphatic carbocycles. The van der Waals surface area contributed by atoms with Crippen molar-refractivity contribution in [2.24, 2.45) is 11.8 Å². The number of piperidine rings is 1. The third-order valence-electron chi connectivity index (χ3n) is 5.87. The minimum Gasteiger partial charge on any atom is -0.372 e. The molecule has 0 spiro atoms. The highest BCUT2D eigenvalue weighted by Gasteiger charge is 2.23. The lowest BCUT2D eigenvalue weighted by atomic mass is 9.85. The van der Waals surface area contributed by atoms with Gasteiger partial charge in [-0.05, 0) is 75.2 Å². The average molecular weight is 416 g/mol. The smallest absolute Gasteiger partial charge is 0.220 e. The van der Waals surface area contributed by atoms with Crippen LogP contribution in [-0.4, -0.2) is 32.1 Å². The van der Waals surface area contributed by atoms with E-state index in [4.69, 9.17) is 0 Å². The zero-order chi connectivity index (χ0) is 17.6. The molecule has 0 bridgehead atoms. The van der Waals surface area contributed by atoms with Gasteiger partial charge < -0.3 is 15.5 Å². The number of benzene rings is 1. The van der Waals surface area contributed by atoms with E-state index in [-0.39, 0.29) is 36.8 Å². The van der Waals surface area contributed by atoms with Crippen LogP contribution >= 0.6 is 24.8 Å². The summed E-state index contributed by atoms with van der Waals surface area (Å²) in [7, 11) is 0. The number of hydrogen-bond donors (Lipinski definition) is 2. The Labute approximate surface area is 176 Å². The lowest BCUT2D eigenvalue weighted by Crippen LogP contribution is -2.36. The van der Waals surface area contributed by atoms with Gasteiger partial charge in [-0.15, -0.1) is 24.8 Å². The van der Waals surface area contributed by atoms with Gasteiger partial charge in [0.15, 0.2) is 0 Å². The molecule has 0 radical (unpaired) electrons. The van der Waals surface area contributed by atoms with Crippen molar-refractivity contribution in [2.45, 2.75) is 52.0 Å². The molecule has 2 fully saturated rings. The molecule has 1 aromatic rings. The fourth-order valence-electron chi connectivity index (χ4n) is 4.17. The van der Waals surface area contributed by atoms with Crippen molar-refractivity contribution in [3.05, 3.63) is 29.8 Å². The van der Waals surface area contributed by atoms with Crippen molar-refractivity contribution < 1.29 is 4.79 Å². The van der Waals surface area contributed by atoms with E-state index in [9.17, 15) is 4.79 Å². The second-order valence-electron chi connectivity index (χ2n) is 7.87. The molecule has 2 N–H and O–H groups in total. The Balaban J connectivity index is 0.00000182. The third kappa shape index (κ3) is 6.85. The van der Waals surface area contributed by atoms with Crippen LogP contribution in [0.15, 0.2) is 24.3 Å². The number of nitrogens with zero attached hydrogens (tertiary/aromatic N) is 1. The standard InChI is InChI=1S/C21H33N3O.2ClH/c1-16(19-8-6-10-22-15-19)13-21(25)23-17(2)18-7-5-9-20(14-18)24-11-3-4-12-24;;/h5,7,9,14,16-17,19,22H,3-4,6,8,10-13,15H2,1-2H3,(H,23,25);2*1H. The van der Waals surface area contributed by atoms with Crippen LogP contribution in [0.4, 0.5) is 5.69 Å². The van der Waals surface area contributed by atoms with E-state index < -0.39 is 0 Å². The molecular formula is C21H35Cl2N3O. The molecule has 2 aliphatic heterocycles. The van der Waals surface area contributed by atoms with Crippen molar-refractivity contribution in [2.75, 3.05) is 31.1 Å². The maximum atomic E-state index is 12.5. The van der Waals surface area contributed by atoms with Crippen molar-refractivity contribution >= 4 is 36.4 Å². The first-order valence-corrected chi connectivity index (χ1v) is 9.98. The van der Waals surface area contributed by atoms with E-state index in [0.29, 0.717) is 18.3 Å². The fraction of sp³-hybridized carbons (Fsp3) is 0.667. The average Bonchev–Trinajstić information content (AvgIpc) is 3.17. The van der Waals surface area contributed by atoms with Crippen LogP contribution in [0.5, 0.6) is 0 Å². The van der Waals surface area contributed by atoms with Crippen LogP contribution in [0.1, 0.15) is 57.6 Å². The molecule has 154 valence electrons. The number of amides is 1.